The van der Waals surface area contributed by atoms with Crippen LogP contribution >= 0.6 is 0 Å². The number of aliphatic hydroxyl groups is 1. The van der Waals surface area contributed by atoms with Crippen LogP contribution in [-0.2, 0) is 0 Å². The fourth-order valence-corrected chi connectivity index (χ4v) is 2.49. The second kappa shape index (κ2) is 4.65. The molecule has 0 saturated carbocycles. The number of hydrogen-bond acceptors (Lipinski definition) is 3. The van der Waals surface area contributed by atoms with E-state index in [1.54, 1.807) is 13.1 Å². The quantitative estimate of drug-likeness (QED) is 0.854. The number of aliphatic hydroxyl groups excluding tert-OH is 1. The van der Waals surface area contributed by atoms with Crippen LogP contribution in [0.2, 0.25) is 0 Å². The lowest BCUT2D eigenvalue weighted by molar-refractivity contribution is 0.199. The van der Waals surface area contributed by atoms with Gasteiger partial charge < -0.3 is 10.0 Å². The van der Waals surface area contributed by atoms with E-state index in [4.69, 9.17) is 0 Å². The standard InChI is InChI=1S/C14H22N2O/c1-11(17)12-5-7-15-13(9-12)16-8-4-6-14(2,3)10-16/h5,7,9,11,17H,4,6,8,10H2,1-3H3/t11-/m0/s1. The summed E-state index contributed by atoms with van der Waals surface area (Å²) in [7, 11) is 0. The van der Waals surface area contributed by atoms with E-state index in [9.17, 15) is 5.11 Å². The number of hydrogen-bond donors (Lipinski definition) is 1. The summed E-state index contributed by atoms with van der Waals surface area (Å²) in [6, 6.07) is 3.88. The summed E-state index contributed by atoms with van der Waals surface area (Å²) >= 11 is 0. The van der Waals surface area contributed by atoms with Gasteiger partial charge in [-0.15, -0.1) is 0 Å². The number of rotatable bonds is 2. The molecule has 2 rings (SSSR count). The van der Waals surface area contributed by atoms with Crippen LogP contribution in [0.3, 0.4) is 0 Å². The van der Waals surface area contributed by atoms with Crippen LogP contribution in [0.15, 0.2) is 18.3 Å². The predicted octanol–water partition coefficient (Wildman–Crippen LogP) is 2.76. The minimum atomic E-state index is -0.422. The molecule has 0 unspecified atom stereocenters. The van der Waals surface area contributed by atoms with Crippen LogP contribution in [-0.4, -0.2) is 23.2 Å². The van der Waals surface area contributed by atoms with Crippen LogP contribution in [0.5, 0.6) is 0 Å². The van der Waals surface area contributed by atoms with Gasteiger partial charge in [0.15, 0.2) is 0 Å². The summed E-state index contributed by atoms with van der Waals surface area (Å²) in [4.78, 5) is 6.75. The van der Waals surface area contributed by atoms with E-state index in [1.165, 1.54) is 12.8 Å². The zero-order valence-electron chi connectivity index (χ0n) is 11.0. The molecule has 0 bridgehead atoms. The first-order chi connectivity index (χ1) is 7.98. The van der Waals surface area contributed by atoms with Gasteiger partial charge in [-0.1, -0.05) is 13.8 Å². The second-order valence-corrected chi connectivity index (χ2v) is 5.81. The van der Waals surface area contributed by atoms with Crippen molar-refractivity contribution in [2.45, 2.75) is 39.7 Å². The smallest absolute Gasteiger partial charge is 0.128 e. The summed E-state index contributed by atoms with van der Waals surface area (Å²) in [5, 5.41) is 9.60. The largest absolute Gasteiger partial charge is 0.389 e. The van der Waals surface area contributed by atoms with E-state index in [0.717, 1.165) is 24.5 Å². The lowest BCUT2D eigenvalue weighted by atomic mass is 9.84. The van der Waals surface area contributed by atoms with E-state index in [-0.39, 0.29) is 0 Å². The highest BCUT2D eigenvalue weighted by Gasteiger charge is 2.27. The third-order valence-electron chi connectivity index (χ3n) is 3.48. The van der Waals surface area contributed by atoms with Crippen molar-refractivity contribution in [3.05, 3.63) is 23.9 Å². The highest BCUT2D eigenvalue weighted by Crippen LogP contribution is 2.31. The molecule has 1 aliphatic heterocycles. The monoisotopic (exact) mass is 234 g/mol. The van der Waals surface area contributed by atoms with Gasteiger partial charge in [-0.25, -0.2) is 4.98 Å². The Labute approximate surface area is 103 Å². The third-order valence-corrected chi connectivity index (χ3v) is 3.48. The van der Waals surface area contributed by atoms with Crippen molar-refractivity contribution in [3.63, 3.8) is 0 Å². The fourth-order valence-electron chi connectivity index (χ4n) is 2.49. The Bertz CT molecular complexity index is 388. The van der Waals surface area contributed by atoms with E-state index >= 15 is 0 Å². The highest BCUT2D eigenvalue weighted by atomic mass is 16.3. The van der Waals surface area contributed by atoms with Gasteiger partial charge in [0.05, 0.1) is 6.10 Å². The Hall–Kier alpha value is -1.09. The molecule has 0 amide bonds. The van der Waals surface area contributed by atoms with Crippen LogP contribution in [0, 0.1) is 5.41 Å². The molecule has 0 radical (unpaired) electrons. The highest BCUT2D eigenvalue weighted by molar-refractivity contribution is 5.42. The Morgan fingerprint density at radius 3 is 2.88 bits per heavy atom. The summed E-state index contributed by atoms with van der Waals surface area (Å²) < 4.78 is 0. The topological polar surface area (TPSA) is 36.4 Å². The molecular formula is C14H22N2O. The van der Waals surface area contributed by atoms with E-state index in [0.29, 0.717) is 5.41 Å². The zero-order valence-corrected chi connectivity index (χ0v) is 11.0. The number of anilines is 1. The maximum absolute atomic E-state index is 9.60. The molecule has 1 aliphatic rings. The van der Waals surface area contributed by atoms with Gasteiger partial charge in [0.25, 0.3) is 0 Å². The van der Waals surface area contributed by atoms with Crippen LogP contribution in [0.25, 0.3) is 0 Å². The first-order valence-electron chi connectivity index (χ1n) is 6.37. The summed E-state index contributed by atoms with van der Waals surface area (Å²) in [5.74, 6) is 0.996. The lowest BCUT2D eigenvalue weighted by Gasteiger charge is -2.38. The fraction of sp³-hybridized carbons (Fsp3) is 0.643. The third kappa shape index (κ3) is 2.97. The molecule has 1 N–H and O–H groups in total. The molecule has 1 aromatic heterocycles. The minimum Gasteiger partial charge on any atom is -0.389 e. The van der Waals surface area contributed by atoms with Gasteiger partial charge in [-0.3, -0.25) is 0 Å². The van der Waals surface area contributed by atoms with Crippen molar-refractivity contribution in [2.24, 2.45) is 5.41 Å². The van der Waals surface area contributed by atoms with Crippen LogP contribution in [0.4, 0.5) is 5.82 Å². The molecule has 3 heteroatoms. The van der Waals surface area contributed by atoms with Crippen molar-refractivity contribution in [3.8, 4) is 0 Å². The molecule has 1 atom stereocenters. The zero-order chi connectivity index (χ0) is 12.5. The van der Waals surface area contributed by atoms with Gasteiger partial charge in [0.1, 0.15) is 5.82 Å². The Morgan fingerprint density at radius 1 is 1.47 bits per heavy atom. The van der Waals surface area contributed by atoms with Crippen molar-refractivity contribution < 1.29 is 5.11 Å². The maximum atomic E-state index is 9.60. The van der Waals surface area contributed by atoms with Crippen molar-refractivity contribution in [1.82, 2.24) is 4.98 Å². The normalized spacial score (nSPS) is 21.3. The molecule has 0 aromatic carbocycles. The Kier molecular flexibility index (Phi) is 3.38. The molecule has 0 aliphatic carbocycles. The van der Waals surface area contributed by atoms with Crippen molar-refractivity contribution in [1.29, 1.82) is 0 Å². The molecule has 3 nitrogen and oxygen atoms in total. The molecule has 0 spiro atoms. The van der Waals surface area contributed by atoms with Gasteiger partial charge in [-0.2, -0.15) is 0 Å². The average Bonchev–Trinajstić information content (AvgIpc) is 2.28. The molecular weight excluding hydrogens is 212 g/mol. The summed E-state index contributed by atoms with van der Waals surface area (Å²) in [5.41, 5.74) is 1.30. The minimum absolute atomic E-state index is 0.362. The van der Waals surface area contributed by atoms with E-state index in [2.05, 4.69) is 23.7 Å². The molecule has 1 aromatic rings. The number of nitrogens with zero attached hydrogens (tertiary/aromatic N) is 2. The SMILES string of the molecule is C[C@H](O)c1ccnc(N2CCCC(C)(C)C2)c1. The van der Waals surface area contributed by atoms with Crippen LogP contribution < -0.4 is 4.90 Å². The summed E-state index contributed by atoms with van der Waals surface area (Å²) in [6.45, 7) is 8.51. The maximum Gasteiger partial charge on any atom is 0.128 e. The van der Waals surface area contributed by atoms with Gasteiger partial charge in [0, 0.05) is 19.3 Å². The van der Waals surface area contributed by atoms with Gasteiger partial charge >= 0.3 is 0 Å². The van der Waals surface area contributed by atoms with Gasteiger partial charge in [0.2, 0.25) is 0 Å². The molecule has 17 heavy (non-hydrogen) atoms. The molecule has 2 heterocycles. The lowest BCUT2D eigenvalue weighted by Crippen LogP contribution is -2.40. The molecule has 94 valence electrons. The average molecular weight is 234 g/mol. The number of aromatic nitrogens is 1. The van der Waals surface area contributed by atoms with E-state index in [1.807, 2.05) is 12.1 Å². The number of piperidine rings is 1. The van der Waals surface area contributed by atoms with Crippen LogP contribution in [0.1, 0.15) is 45.3 Å². The predicted molar refractivity (Wildman–Crippen MR) is 70.1 cm³/mol. The Balaban J connectivity index is 2.19. The number of pyridine rings is 1. The van der Waals surface area contributed by atoms with Gasteiger partial charge in [-0.05, 0) is 42.9 Å². The summed E-state index contributed by atoms with van der Waals surface area (Å²) in [6.07, 6.45) is 3.86. The van der Waals surface area contributed by atoms with Crippen molar-refractivity contribution >= 4 is 5.82 Å². The molecule has 1 saturated heterocycles. The first-order valence-corrected chi connectivity index (χ1v) is 6.37. The molecule has 1 fully saturated rings. The Morgan fingerprint density at radius 2 is 2.24 bits per heavy atom. The van der Waals surface area contributed by atoms with Crippen molar-refractivity contribution in [2.75, 3.05) is 18.0 Å². The second-order valence-electron chi connectivity index (χ2n) is 5.81. The first kappa shape index (κ1) is 12.4. The van der Waals surface area contributed by atoms with E-state index < -0.39 is 6.10 Å².